The average molecular weight is 425 g/mol. The Bertz CT molecular complexity index is 892. The van der Waals surface area contributed by atoms with Gasteiger partial charge in [0, 0.05) is 32.2 Å². The molecule has 30 heavy (non-hydrogen) atoms. The Balaban J connectivity index is 1.32. The fraction of sp³-hybridized carbons (Fsp3) is 0.684. The minimum atomic E-state index is -4.62. The lowest BCUT2D eigenvalue weighted by molar-refractivity contribution is -0.146. The number of carbonyl (C=O) groups excluding carboxylic acids is 1. The summed E-state index contributed by atoms with van der Waals surface area (Å²) in [5.74, 6) is 0.00202. The number of amides is 1. The van der Waals surface area contributed by atoms with Crippen LogP contribution in [0.3, 0.4) is 0 Å². The van der Waals surface area contributed by atoms with Crippen LogP contribution in [0.5, 0.6) is 0 Å². The van der Waals surface area contributed by atoms with Gasteiger partial charge in [0.05, 0.1) is 6.54 Å². The van der Waals surface area contributed by atoms with Gasteiger partial charge in [-0.1, -0.05) is 19.8 Å². The van der Waals surface area contributed by atoms with Crippen molar-refractivity contribution in [1.82, 2.24) is 30.0 Å². The fourth-order valence-corrected chi connectivity index (χ4v) is 4.30. The zero-order chi connectivity index (χ0) is 21.3. The van der Waals surface area contributed by atoms with Crippen LogP contribution in [0.1, 0.15) is 38.4 Å². The molecule has 2 aliphatic rings. The van der Waals surface area contributed by atoms with Crippen LogP contribution in [0.4, 0.5) is 19.0 Å². The predicted octanol–water partition coefficient (Wildman–Crippen LogP) is 1.96. The first-order valence-electron chi connectivity index (χ1n) is 10.4. The van der Waals surface area contributed by atoms with Crippen LogP contribution in [0.25, 0.3) is 5.65 Å². The molecule has 1 saturated carbocycles. The van der Waals surface area contributed by atoms with Crippen molar-refractivity contribution < 1.29 is 18.0 Å². The van der Waals surface area contributed by atoms with Crippen LogP contribution in [-0.4, -0.2) is 69.4 Å². The molecule has 2 aromatic heterocycles. The zero-order valence-corrected chi connectivity index (χ0v) is 16.9. The molecule has 0 spiro atoms. The van der Waals surface area contributed by atoms with Crippen LogP contribution in [-0.2, 0) is 11.0 Å². The van der Waals surface area contributed by atoms with Crippen molar-refractivity contribution in [3.8, 4) is 0 Å². The van der Waals surface area contributed by atoms with E-state index in [1.54, 1.807) is 6.07 Å². The summed E-state index contributed by atoms with van der Waals surface area (Å²) in [6.45, 7) is 5.01. The summed E-state index contributed by atoms with van der Waals surface area (Å²) < 4.78 is 39.9. The van der Waals surface area contributed by atoms with Gasteiger partial charge in [-0.3, -0.25) is 9.69 Å². The second-order valence-electron chi connectivity index (χ2n) is 8.28. The van der Waals surface area contributed by atoms with E-state index in [4.69, 9.17) is 0 Å². The highest BCUT2D eigenvalue weighted by Crippen LogP contribution is 2.28. The molecule has 8 nitrogen and oxygen atoms in total. The van der Waals surface area contributed by atoms with E-state index in [9.17, 15) is 18.0 Å². The van der Waals surface area contributed by atoms with Crippen LogP contribution < -0.4 is 10.2 Å². The number of piperazine rings is 1. The zero-order valence-electron chi connectivity index (χ0n) is 16.9. The van der Waals surface area contributed by atoms with Crippen molar-refractivity contribution in [1.29, 1.82) is 0 Å². The summed E-state index contributed by atoms with van der Waals surface area (Å²) in [5, 5.41) is 14.0. The smallest absolute Gasteiger partial charge is 0.353 e. The van der Waals surface area contributed by atoms with E-state index < -0.39 is 12.0 Å². The normalized spacial score (nSPS) is 23.7. The Morgan fingerprint density at radius 1 is 1.17 bits per heavy atom. The van der Waals surface area contributed by atoms with Gasteiger partial charge in [-0.2, -0.15) is 17.7 Å². The molecule has 4 rings (SSSR count). The van der Waals surface area contributed by atoms with E-state index in [0.29, 0.717) is 44.5 Å². The Labute approximate surface area is 172 Å². The third kappa shape index (κ3) is 4.66. The lowest BCUT2D eigenvalue weighted by Gasteiger charge is -2.35. The number of alkyl halides is 3. The summed E-state index contributed by atoms with van der Waals surface area (Å²) in [7, 11) is 0. The highest BCUT2D eigenvalue weighted by Gasteiger charge is 2.38. The third-order valence-electron chi connectivity index (χ3n) is 5.87. The Hall–Kier alpha value is -2.43. The average Bonchev–Trinajstić information content (AvgIpc) is 3.12. The van der Waals surface area contributed by atoms with E-state index >= 15 is 0 Å². The predicted molar refractivity (Wildman–Crippen MR) is 104 cm³/mol. The van der Waals surface area contributed by atoms with Gasteiger partial charge in [-0.25, -0.2) is 0 Å². The van der Waals surface area contributed by atoms with E-state index in [0.717, 1.165) is 23.8 Å². The van der Waals surface area contributed by atoms with Gasteiger partial charge in [-0.15, -0.1) is 15.3 Å². The van der Waals surface area contributed by atoms with Crippen LogP contribution in [0.15, 0.2) is 12.1 Å². The third-order valence-corrected chi connectivity index (χ3v) is 5.87. The molecule has 1 aliphatic heterocycles. The van der Waals surface area contributed by atoms with Gasteiger partial charge in [-0.05, 0) is 30.9 Å². The summed E-state index contributed by atoms with van der Waals surface area (Å²) in [5.41, 5.74) is 0.0541. The van der Waals surface area contributed by atoms with E-state index in [1.165, 1.54) is 12.5 Å². The lowest BCUT2D eigenvalue weighted by Crippen LogP contribution is -2.51. The second-order valence-corrected chi connectivity index (χ2v) is 8.28. The maximum absolute atomic E-state index is 13.1. The first-order chi connectivity index (χ1) is 14.3. The number of hydrogen-bond acceptors (Lipinski definition) is 6. The molecular weight excluding hydrogens is 399 g/mol. The SMILES string of the molecule is CC1CCCC(NC(=O)CN2CCN(c3ccc4nnc(C(F)(F)F)n4n3)CC2)C1. The molecule has 3 heterocycles. The van der Waals surface area contributed by atoms with Crippen LogP contribution in [0.2, 0.25) is 0 Å². The number of carbonyl (C=O) groups is 1. The van der Waals surface area contributed by atoms with Gasteiger partial charge < -0.3 is 10.2 Å². The number of anilines is 1. The molecule has 2 fully saturated rings. The van der Waals surface area contributed by atoms with E-state index in [-0.39, 0.29) is 17.6 Å². The highest BCUT2D eigenvalue weighted by atomic mass is 19.4. The topological polar surface area (TPSA) is 78.7 Å². The van der Waals surface area contributed by atoms with Crippen molar-refractivity contribution in [2.24, 2.45) is 5.92 Å². The molecule has 2 atom stereocenters. The fourth-order valence-electron chi connectivity index (χ4n) is 4.30. The Morgan fingerprint density at radius 2 is 1.93 bits per heavy atom. The molecule has 0 bridgehead atoms. The lowest BCUT2D eigenvalue weighted by atomic mass is 9.87. The number of aromatic nitrogens is 4. The highest BCUT2D eigenvalue weighted by molar-refractivity contribution is 5.78. The molecule has 1 aliphatic carbocycles. The van der Waals surface area contributed by atoms with Crippen molar-refractivity contribution >= 4 is 17.4 Å². The maximum atomic E-state index is 13.1. The number of hydrogen-bond donors (Lipinski definition) is 1. The van der Waals surface area contributed by atoms with Crippen LogP contribution in [0, 0.1) is 5.92 Å². The monoisotopic (exact) mass is 425 g/mol. The molecule has 1 saturated heterocycles. The minimum absolute atomic E-state index is 0.0430. The molecule has 1 amide bonds. The molecule has 2 aromatic rings. The van der Waals surface area contributed by atoms with Gasteiger partial charge >= 0.3 is 6.18 Å². The standard InChI is InChI=1S/C19H26F3N7O/c1-13-3-2-4-14(11-13)23-17(30)12-27-7-9-28(10-8-27)16-6-5-15-24-25-18(19(20,21)22)29(15)26-16/h5-6,13-14H,2-4,7-12H2,1H3,(H,23,30). The van der Waals surface area contributed by atoms with Crippen molar-refractivity contribution in [3.05, 3.63) is 18.0 Å². The van der Waals surface area contributed by atoms with Crippen molar-refractivity contribution in [2.45, 2.75) is 44.8 Å². The van der Waals surface area contributed by atoms with Crippen molar-refractivity contribution in [2.75, 3.05) is 37.6 Å². The van der Waals surface area contributed by atoms with Gasteiger partial charge in [0.15, 0.2) is 5.65 Å². The molecule has 0 radical (unpaired) electrons. The van der Waals surface area contributed by atoms with E-state index in [1.807, 2.05) is 4.90 Å². The minimum Gasteiger partial charge on any atom is -0.353 e. The van der Waals surface area contributed by atoms with Gasteiger partial charge in [0.1, 0.15) is 5.82 Å². The van der Waals surface area contributed by atoms with E-state index in [2.05, 4.69) is 32.4 Å². The quantitative estimate of drug-likeness (QED) is 0.807. The molecular formula is C19H26F3N7O. The number of nitrogens with zero attached hydrogens (tertiary/aromatic N) is 6. The second kappa shape index (κ2) is 8.37. The number of rotatable bonds is 4. The molecule has 0 aromatic carbocycles. The number of nitrogens with one attached hydrogen (secondary N) is 1. The molecule has 164 valence electrons. The summed E-state index contributed by atoms with van der Waals surface area (Å²) >= 11 is 0. The first-order valence-corrected chi connectivity index (χ1v) is 10.4. The van der Waals surface area contributed by atoms with Gasteiger partial charge in [0.25, 0.3) is 5.82 Å². The first kappa shape index (κ1) is 20.8. The summed E-state index contributed by atoms with van der Waals surface area (Å²) in [6.07, 6.45) is -0.149. The Morgan fingerprint density at radius 3 is 2.63 bits per heavy atom. The molecule has 2 unspecified atom stereocenters. The molecule has 11 heteroatoms. The molecule has 1 N–H and O–H groups in total. The Kier molecular flexibility index (Phi) is 5.81. The maximum Gasteiger partial charge on any atom is 0.453 e. The summed E-state index contributed by atoms with van der Waals surface area (Å²) in [6, 6.07) is 3.40. The van der Waals surface area contributed by atoms with Crippen LogP contribution >= 0.6 is 0 Å². The van der Waals surface area contributed by atoms with Crippen molar-refractivity contribution in [3.63, 3.8) is 0 Å². The summed E-state index contributed by atoms with van der Waals surface area (Å²) in [4.78, 5) is 16.4. The number of fused-ring (bicyclic) bond motifs is 1. The largest absolute Gasteiger partial charge is 0.453 e. The van der Waals surface area contributed by atoms with Gasteiger partial charge in [0.2, 0.25) is 5.91 Å². The number of halogens is 3.